The second-order valence-corrected chi connectivity index (χ2v) is 7.24. The SMILES string of the molecule is CC(C)N1[C@@H]2CC[C@@H]1CN(C(=O)c1ccccc1-n1cnnn1)CC2. The summed E-state index contributed by atoms with van der Waals surface area (Å²) in [5.41, 5.74) is 1.39. The second kappa shape index (κ2) is 6.55. The van der Waals surface area contributed by atoms with Crippen LogP contribution in [0, 0.1) is 0 Å². The van der Waals surface area contributed by atoms with E-state index in [1.807, 2.05) is 29.2 Å². The van der Waals surface area contributed by atoms with Gasteiger partial charge in [0.2, 0.25) is 0 Å². The van der Waals surface area contributed by atoms with Crippen molar-refractivity contribution in [3.63, 3.8) is 0 Å². The van der Waals surface area contributed by atoms with E-state index in [-0.39, 0.29) is 5.91 Å². The van der Waals surface area contributed by atoms with E-state index in [0.717, 1.165) is 25.2 Å². The molecule has 0 spiro atoms. The molecule has 132 valence electrons. The smallest absolute Gasteiger partial charge is 0.256 e. The number of likely N-dealkylation sites (tertiary alicyclic amines) is 1. The summed E-state index contributed by atoms with van der Waals surface area (Å²) < 4.78 is 1.55. The molecular weight excluding hydrogens is 316 g/mol. The number of tetrazole rings is 1. The highest BCUT2D eigenvalue weighted by molar-refractivity contribution is 5.97. The number of hydrogen-bond acceptors (Lipinski definition) is 5. The fourth-order valence-electron chi connectivity index (χ4n) is 4.43. The predicted octanol–water partition coefficient (Wildman–Crippen LogP) is 1.75. The molecule has 3 heterocycles. The topological polar surface area (TPSA) is 67.2 Å². The number of aromatic nitrogens is 4. The molecule has 0 aliphatic carbocycles. The van der Waals surface area contributed by atoms with Crippen LogP contribution in [0.1, 0.15) is 43.5 Å². The third kappa shape index (κ3) is 2.93. The van der Waals surface area contributed by atoms with Gasteiger partial charge in [0.1, 0.15) is 6.33 Å². The Hall–Kier alpha value is -2.28. The third-order valence-corrected chi connectivity index (χ3v) is 5.45. The summed E-state index contributed by atoms with van der Waals surface area (Å²) >= 11 is 0. The van der Waals surface area contributed by atoms with Crippen molar-refractivity contribution in [2.75, 3.05) is 13.1 Å². The van der Waals surface area contributed by atoms with Crippen LogP contribution in [0.3, 0.4) is 0 Å². The molecule has 1 amide bonds. The molecule has 2 fully saturated rings. The van der Waals surface area contributed by atoms with Gasteiger partial charge >= 0.3 is 0 Å². The van der Waals surface area contributed by atoms with Gasteiger partial charge in [-0.3, -0.25) is 9.69 Å². The molecule has 0 radical (unpaired) electrons. The average Bonchev–Trinajstić information content (AvgIpc) is 3.22. The molecule has 1 aromatic heterocycles. The number of carbonyl (C=O) groups is 1. The van der Waals surface area contributed by atoms with Gasteiger partial charge in [0.15, 0.2) is 0 Å². The van der Waals surface area contributed by atoms with Crippen LogP contribution in [0.5, 0.6) is 0 Å². The Morgan fingerprint density at radius 1 is 1.16 bits per heavy atom. The summed E-state index contributed by atoms with van der Waals surface area (Å²) in [7, 11) is 0. The molecule has 0 unspecified atom stereocenters. The number of rotatable bonds is 3. The molecule has 2 aliphatic heterocycles. The van der Waals surface area contributed by atoms with E-state index < -0.39 is 0 Å². The maximum atomic E-state index is 13.2. The zero-order valence-corrected chi connectivity index (χ0v) is 14.7. The van der Waals surface area contributed by atoms with Gasteiger partial charge < -0.3 is 4.90 Å². The van der Waals surface area contributed by atoms with Gasteiger partial charge in [-0.05, 0) is 55.7 Å². The molecule has 4 rings (SSSR count). The number of amides is 1. The first-order valence-electron chi connectivity index (χ1n) is 9.04. The zero-order valence-electron chi connectivity index (χ0n) is 14.7. The summed E-state index contributed by atoms with van der Waals surface area (Å²) in [4.78, 5) is 17.9. The number of hydrogen-bond donors (Lipinski definition) is 0. The van der Waals surface area contributed by atoms with Crippen molar-refractivity contribution >= 4 is 5.91 Å². The Morgan fingerprint density at radius 3 is 2.72 bits per heavy atom. The molecule has 7 nitrogen and oxygen atoms in total. The molecule has 2 aliphatic rings. The molecule has 2 aromatic rings. The van der Waals surface area contributed by atoms with Gasteiger partial charge in [-0.1, -0.05) is 12.1 Å². The minimum Gasteiger partial charge on any atom is -0.337 e. The van der Waals surface area contributed by atoms with Crippen molar-refractivity contribution in [2.24, 2.45) is 0 Å². The Morgan fingerprint density at radius 2 is 1.96 bits per heavy atom. The summed E-state index contributed by atoms with van der Waals surface area (Å²) in [6, 6.07) is 9.15. The Balaban J connectivity index is 1.60. The summed E-state index contributed by atoms with van der Waals surface area (Å²) in [6.45, 7) is 6.14. The number of nitrogens with zero attached hydrogens (tertiary/aromatic N) is 6. The van der Waals surface area contributed by atoms with Crippen LogP contribution in [0.2, 0.25) is 0 Å². The van der Waals surface area contributed by atoms with Crippen molar-refractivity contribution in [3.8, 4) is 5.69 Å². The van der Waals surface area contributed by atoms with E-state index >= 15 is 0 Å². The van der Waals surface area contributed by atoms with Crippen LogP contribution in [0.15, 0.2) is 30.6 Å². The van der Waals surface area contributed by atoms with E-state index in [0.29, 0.717) is 23.7 Å². The van der Waals surface area contributed by atoms with Gasteiger partial charge in [-0.15, -0.1) is 5.10 Å². The molecule has 0 saturated carbocycles. The first-order valence-corrected chi connectivity index (χ1v) is 9.04. The number of benzene rings is 1. The fraction of sp³-hybridized carbons (Fsp3) is 0.556. The molecule has 7 heteroatoms. The molecule has 25 heavy (non-hydrogen) atoms. The van der Waals surface area contributed by atoms with E-state index in [9.17, 15) is 4.79 Å². The van der Waals surface area contributed by atoms with Crippen molar-refractivity contribution in [1.29, 1.82) is 0 Å². The summed E-state index contributed by atoms with van der Waals surface area (Å²) in [6.07, 6.45) is 5.01. The lowest BCUT2D eigenvalue weighted by molar-refractivity contribution is 0.0728. The standard InChI is InChI=1S/C18H24N6O/c1-13(2)24-14-7-8-15(24)11-22(10-9-14)18(25)16-5-3-4-6-17(16)23-12-19-20-21-23/h3-6,12-15H,7-11H2,1-2H3/t14-,15-/m1/s1. The molecule has 2 bridgehead atoms. The van der Waals surface area contributed by atoms with Crippen molar-refractivity contribution < 1.29 is 4.79 Å². The fourth-order valence-corrected chi connectivity index (χ4v) is 4.43. The maximum absolute atomic E-state index is 13.2. The minimum absolute atomic E-state index is 0.0716. The van der Waals surface area contributed by atoms with Crippen LogP contribution in [0.4, 0.5) is 0 Å². The van der Waals surface area contributed by atoms with E-state index in [1.54, 1.807) is 4.68 Å². The molecule has 0 N–H and O–H groups in total. The number of fused-ring (bicyclic) bond motifs is 2. The zero-order chi connectivity index (χ0) is 17.4. The predicted molar refractivity (Wildman–Crippen MR) is 93.5 cm³/mol. The highest BCUT2D eigenvalue weighted by atomic mass is 16.2. The lowest BCUT2D eigenvalue weighted by Crippen LogP contribution is -2.44. The Bertz CT molecular complexity index is 744. The quantitative estimate of drug-likeness (QED) is 0.851. The first kappa shape index (κ1) is 16.2. The molecule has 2 atom stereocenters. The highest BCUT2D eigenvalue weighted by Crippen LogP contribution is 2.32. The van der Waals surface area contributed by atoms with Crippen molar-refractivity contribution in [1.82, 2.24) is 30.0 Å². The first-order chi connectivity index (χ1) is 12.1. The van der Waals surface area contributed by atoms with Gasteiger partial charge in [0.05, 0.1) is 11.3 Å². The van der Waals surface area contributed by atoms with E-state index in [4.69, 9.17) is 0 Å². The van der Waals surface area contributed by atoms with Crippen LogP contribution in [-0.4, -0.2) is 67.1 Å². The lowest BCUT2D eigenvalue weighted by atomic mass is 10.1. The monoisotopic (exact) mass is 340 g/mol. The van der Waals surface area contributed by atoms with Crippen LogP contribution < -0.4 is 0 Å². The lowest BCUT2D eigenvalue weighted by Gasteiger charge is -2.32. The van der Waals surface area contributed by atoms with Gasteiger partial charge in [-0.25, -0.2) is 0 Å². The van der Waals surface area contributed by atoms with Crippen molar-refractivity contribution in [3.05, 3.63) is 36.2 Å². The largest absolute Gasteiger partial charge is 0.337 e. The molecule has 1 aromatic carbocycles. The third-order valence-electron chi connectivity index (χ3n) is 5.45. The minimum atomic E-state index is 0.0716. The number of para-hydroxylation sites is 1. The summed E-state index contributed by atoms with van der Waals surface area (Å²) in [5.74, 6) is 0.0716. The highest BCUT2D eigenvalue weighted by Gasteiger charge is 2.39. The summed E-state index contributed by atoms with van der Waals surface area (Å²) in [5, 5.41) is 11.3. The van der Waals surface area contributed by atoms with Crippen LogP contribution >= 0.6 is 0 Å². The van der Waals surface area contributed by atoms with Crippen LogP contribution in [0.25, 0.3) is 5.69 Å². The van der Waals surface area contributed by atoms with E-state index in [2.05, 4.69) is 34.3 Å². The van der Waals surface area contributed by atoms with Crippen LogP contribution in [-0.2, 0) is 0 Å². The Kier molecular flexibility index (Phi) is 4.25. The maximum Gasteiger partial charge on any atom is 0.256 e. The normalized spacial score (nSPS) is 23.9. The molecule has 2 saturated heterocycles. The average molecular weight is 340 g/mol. The van der Waals surface area contributed by atoms with Gasteiger partial charge in [-0.2, -0.15) is 4.68 Å². The Labute approximate surface area is 147 Å². The van der Waals surface area contributed by atoms with Gasteiger partial charge in [0, 0.05) is 31.2 Å². The van der Waals surface area contributed by atoms with Crippen molar-refractivity contribution in [2.45, 2.75) is 51.2 Å². The number of carbonyl (C=O) groups excluding carboxylic acids is 1. The molecular formula is C18H24N6O. The van der Waals surface area contributed by atoms with E-state index in [1.165, 1.54) is 19.2 Å². The van der Waals surface area contributed by atoms with Gasteiger partial charge in [0.25, 0.3) is 5.91 Å². The second-order valence-electron chi connectivity index (χ2n) is 7.24.